The predicted octanol–water partition coefficient (Wildman–Crippen LogP) is 2.54. The molecule has 0 atom stereocenters. The molecule has 0 spiro atoms. The number of hydrogen-bond acceptors (Lipinski definition) is 2. The van der Waals surface area contributed by atoms with E-state index in [4.69, 9.17) is 0 Å². The summed E-state index contributed by atoms with van der Waals surface area (Å²) in [7, 11) is 2.01. The maximum atomic E-state index is 11.6. The molecule has 1 heterocycles. The van der Waals surface area contributed by atoms with Crippen LogP contribution in [0.4, 0.5) is 0 Å². The van der Waals surface area contributed by atoms with Crippen LogP contribution in [-0.2, 0) is 18.4 Å². The zero-order valence-electron chi connectivity index (χ0n) is 12.0. The number of aromatic nitrogens is 2. The molecule has 1 N–H and O–H groups in total. The van der Waals surface area contributed by atoms with Crippen LogP contribution in [0.1, 0.15) is 31.7 Å². The van der Waals surface area contributed by atoms with E-state index in [0.29, 0.717) is 18.9 Å². The van der Waals surface area contributed by atoms with Crippen LogP contribution < -0.4 is 5.32 Å². The summed E-state index contributed by atoms with van der Waals surface area (Å²) in [6.07, 6.45) is 0.574. The molecule has 0 aliphatic carbocycles. The minimum absolute atomic E-state index is 0.104. The minimum Gasteiger partial charge on any atom is -0.352 e. The lowest BCUT2D eigenvalue weighted by molar-refractivity contribution is -0.121. The van der Waals surface area contributed by atoms with Gasteiger partial charge in [-0.25, -0.2) is 4.98 Å². The fourth-order valence-electron chi connectivity index (χ4n) is 2.12. The fourth-order valence-corrected chi connectivity index (χ4v) is 2.12. The molecule has 0 radical (unpaired) electrons. The standard InChI is InChI=1S/C15H21N3O/c1-10(2)7-15(19)16-9-12-5-6-14-13(8-12)17-11(3)18(14)4/h5-6,8,10H,7,9H2,1-4H3,(H,16,19). The van der Waals surface area contributed by atoms with Crippen molar-refractivity contribution in [2.45, 2.75) is 33.7 Å². The summed E-state index contributed by atoms with van der Waals surface area (Å²) in [6.45, 7) is 6.64. The summed E-state index contributed by atoms with van der Waals surface area (Å²) in [5.41, 5.74) is 3.19. The Morgan fingerprint density at radius 2 is 2.16 bits per heavy atom. The highest BCUT2D eigenvalue weighted by Crippen LogP contribution is 2.16. The van der Waals surface area contributed by atoms with Crippen LogP contribution in [0.3, 0.4) is 0 Å². The Kier molecular flexibility index (Phi) is 3.88. The maximum absolute atomic E-state index is 11.6. The Hall–Kier alpha value is -1.84. The van der Waals surface area contributed by atoms with Crippen molar-refractivity contribution in [3.8, 4) is 0 Å². The number of benzene rings is 1. The molecule has 4 nitrogen and oxygen atoms in total. The van der Waals surface area contributed by atoms with Crippen molar-refractivity contribution in [3.05, 3.63) is 29.6 Å². The molecule has 0 aliphatic heterocycles. The summed E-state index contributed by atoms with van der Waals surface area (Å²) in [5.74, 6) is 1.49. The van der Waals surface area contributed by atoms with E-state index in [0.717, 1.165) is 22.4 Å². The van der Waals surface area contributed by atoms with Crippen LogP contribution in [0.5, 0.6) is 0 Å². The fraction of sp³-hybridized carbons (Fsp3) is 0.467. The SMILES string of the molecule is Cc1nc2cc(CNC(=O)CC(C)C)ccc2n1C. The van der Waals surface area contributed by atoms with Gasteiger partial charge in [0, 0.05) is 20.0 Å². The smallest absolute Gasteiger partial charge is 0.220 e. The highest BCUT2D eigenvalue weighted by atomic mass is 16.1. The number of nitrogens with one attached hydrogen (secondary N) is 1. The molecule has 2 rings (SSSR count). The Bertz CT molecular complexity index is 599. The summed E-state index contributed by atoms with van der Waals surface area (Å²) in [6, 6.07) is 6.14. The lowest BCUT2D eigenvalue weighted by Crippen LogP contribution is -2.23. The van der Waals surface area contributed by atoms with Crippen LogP contribution in [0.25, 0.3) is 11.0 Å². The van der Waals surface area contributed by atoms with Gasteiger partial charge in [0.1, 0.15) is 5.82 Å². The summed E-state index contributed by atoms with van der Waals surface area (Å²) in [4.78, 5) is 16.1. The first kappa shape index (κ1) is 13.6. The number of fused-ring (bicyclic) bond motifs is 1. The van der Waals surface area contributed by atoms with E-state index >= 15 is 0 Å². The van der Waals surface area contributed by atoms with E-state index in [9.17, 15) is 4.79 Å². The number of imidazole rings is 1. The molecule has 102 valence electrons. The van der Waals surface area contributed by atoms with Crippen molar-refractivity contribution >= 4 is 16.9 Å². The number of carbonyl (C=O) groups is 1. The molecule has 1 aromatic carbocycles. The van der Waals surface area contributed by atoms with Gasteiger partial charge in [-0.1, -0.05) is 19.9 Å². The van der Waals surface area contributed by atoms with Gasteiger partial charge in [-0.05, 0) is 30.5 Å². The van der Waals surface area contributed by atoms with Gasteiger partial charge in [-0.15, -0.1) is 0 Å². The Balaban J connectivity index is 2.08. The van der Waals surface area contributed by atoms with Gasteiger partial charge in [0.05, 0.1) is 11.0 Å². The van der Waals surface area contributed by atoms with Gasteiger partial charge in [-0.3, -0.25) is 4.79 Å². The van der Waals surface area contributed by atoms with Gasteiger partial charge in [-0.2, -0.15) is 0 Å². The third-order valence-corrected chi connectivity index (χ3v) is 3.25. The van der Waals surface area contributed by atoms with Crippen LogP contribution in [0.15, 0.2) is 18.2 Å². The summed E-state index contributed by atoms with van der Waals surface area (Å²) < 4.78 is 2.07. The molecular formula is C15H21N3O. The lowest BCUT2D eigenvalue weighted by Gasteiger charge is -2.07. The predicted molar refractivity (Wildman–Crippen MR) is 76.8 cm³/mol. The van der Waals surface area contributed by atoms with Crippen molar-refractivity contribution in [3.63, 3.8) is 0 Å². The Morgan fingerprint density at radius 1 is 1.42 bits per heavy atom. The van der Waals surface area contributed by atoms with E-state index in [1.807, 2.05) is 40.0 Å². The largest absolute Gasteiger partial charge is 0.352 e. The number of carbonyl (C=O) groups excluding carboxylic acids is 1. The van der Waals surface area contributed by atoms with Crippen LogP contribution in [-0.4, -0.2) is 15.5 Å². The molecule has 0 saturated carbocycles. The molecular weight excluding hydrogens is 238 g/mol. The van der Waals surface area contributed by atoms with Gasteiger partial charge < -0.3 is 9.88 Å². The summed E-state index contributed by atoms with van der Waals surface area (Å²) >= 11 is 0. The van der Waals surface area contributed by atoms with E-state index in [1.54, 1.807) is 0 Å². The normalized spacial score (nSPS) is 11.2. The molecule has 2 aromatic rings. The second-order valence-corrected chi connectivity index (χ2v) is 5.42. The quantitative estimate of drug-likeness (QED) is 0.917. The van der Waals surface area contributed by atoms with Gasteiger partial charge in [0.15, 0.2) is 0 Å². The first-order chi connectivity index (χ1) is 8.97. The van der Waals surface area contributed by atoms with E-state index in [2.05, 4.69) is 20.9 Å². The highest BCUT2D eigenvalue weighted by molar-refractivity contribution is 5.78. The van der Waals surface area contributed by atoms with E-state index < -0.39 is 0 Å². The first-order valence-electron chi connectivity index (χ1n) is 6.66. The van der Waals surface area contributed by atoms with Crippen molar-refractivity contribution in [2.24, 2.45) is 13.0 Å². The zero-order chi connectivity index (χ0) is 14.0. The van der Waals surface area contributed by atoms with Gasteiger partial charge in [0.2, 0.25) is 5.91 Å². The van der Waals surface area contributed by atoms with E-state index in [-0.39, 0.29) is 5.91 Å². The molecule has 0 fully saturated rings. The third kappa shape index (κ3) is 3.13. The Morgan fingerprint density at radius 3 is 2.84 bits per heavy atom. The van der Waals surface area contributed by atoms with E-state index in [1.165, 1.54) is 0 Å². The van der Waals surface area contributed by atoms with Crippen molar-refractivity contribution in [1.82, 2.24) is 14.9 Å². The average molecular weight is 259 g/mol. The number of hydrogen-bond donors (Lipinski definition) is 1. The first-order valence-corrected chi connectivity index (χ1v) is 6.66. The second-order valence-electron chi connectivity index (χ2n) is 5.42. The zero-order valence-corrected chi connectivity index (χ0v) is 12.0. The topological polar surface area (TPSA) is 46.9 Å². The number of rotatable bonds is 4. The van der Waals surface area contributed by atoms with Crippen LogP contribution in [0, 0.1) is 12.8 Å². The minimum atomic E-state index is 0.104. The molecule has 1 amide bonds. The number of aryl methyl sites for hydroxylation is 2. The Labute approximate surface area is 113 Å². The molecule has 0 bridgehead atoms. The molecule has 0 aliphatic rings. The molecule has 1 aromatic heterocycles. The monoisotopic (exact) mass is 259 g/mol. The van der Waals surface area contributed by atoms with Crippen molar-refractivity contribution in [1.29, 1.82) is 0 Å². The third-order valence-electron chi connectivity index (χ3n) is 3.25. The van der Waals surface area contributed by atoms with Crippen molar-refractivity contribution in [2.75, 3.05) is 0 Å². The number of nitrogens with zero attached hydrogens (tertiary/aromatic N) is 2. The van der Waals surface area contributed by atoms with Crippen LogP contribution in [0.2, 0.25) is 0 Å². The lowest BCUT2D eigenvalue weighted by atomic mass is 10.1. The number of amides is 1. The van der Waals surface area contributed by atoms with Gasteiger partial charge in [0.25, 0.3) is 0 Å². The summed E-state index contributed by atoms with van der Waals surface area (Å²) in [5, 5.41) is 2.94. The maximum Gasteiger partial charge on any atom is 0.220 e. The molecule has 19 heavy (non-hydrogen) atoms. The second kappa shape index (κ2) is 5.43. The van der Waals surface area contributed by atoms with Gasteiger partial charge >= 0.3 is 0 Å². The average Bonchev–Trinajstić information content (AvgIpc) is 2.61. The van der Waals surface area contributed by atoms with Crippen molar-refractivity contribution < 1.29 is 4.79 Å². The molecule has 0 unspecified atom stereocenters. The van der Waals surface area contributed by atoms with Crippen LogP contribution >= 0.6 is 0 Å². The molecule has 0 saturated heterocycles. The highest BCUT2D eigenvalue weighted by Gasteiger charge is 2.07. The molecule has 4 heteroatoms.